The minimum absolute atomic E-state index is 0.0647. The van der Waals surface area contributed by atoms with E-state index < -0.39 is 23.5 Å². The van der Waals surface area contributed by atoms with Gasteiger partial charge in [0.1, 0.15) is 17.3 Å². The highest BCUT2D eigenvalue weighted by Gasteiger charge is 2.43. The van der Waals surface area contributed by atoms with E-state index in [1.165, 1.54) is 42.5 Å². The number of aromatic carboxylic acids is 1. The molecule has 1 aromatic carbocycles. The minimum Gasteiger partial charge on any atom is -0.508 e. The first kappa shape index (κ1) is 18.7. The number of aromatic hydroxyl groups is 1. The van der Waals surface area contributed by atoms with Gasteiger partial charge in [0.05, 0.1) is 16.8 Å². The van der Waals surface area contributed by atoms with Crippen LogP contribution in [-0.4, -0.2) is 34.5 Å². The number of carboxylic acid groups (broad SMARTS) is 1. The Bertz CT molecular complexity index is 1210. The highest BCUT2D eigenvalue weighted by Crippen LogP contribution is 2.40. The average molecular weight is 409 g/mol. The molecule has 0 atom stereocenters. The van der Waals surface area contributed by atoms with E-state index in [0.717, 1.165) is 11.0 Å². The van der Waals surface area contributed by atoms with Crippen molar-refractivity contribution in [1.29, 1.82) is 0 Å². The third kappa shape index (κ3) is 3.02. The Morgan fingerprint density at radius 1 is 0.900 bits per heavy atom. The Balaban J connectivity index is 1.87. The standard InChI is InChI=1S/C20H11NO9/c22-9-28-15-8-7-13(30-15)17-16(12-5-6-14(29-12)20(26)27)18(24)21(19(17)25)10-1-3-11(23)4-2-10/h1-9,23H,(H,26,27). The summed E-state index contributed by atoms with van der Waals surface area (Å²) in [4.78, 5) is 48.8. The van der Waals surface area contributed by atoms with Gasteiger partial charge in [0.15, 0.2) is 0 Å². The lowest BCUT2D eigenvalue weighted by molar-refractivity contribution is -0.122. The van der Waals surface area contributed by atoms with Crippen molar-refractivity contribution in [3.05, 3.63) is 65.8 Å². The number of ether oxygens (including phenoxy) is 1. The third-order valence-corrected chi connectivity index (χ3v) is 4.25. The highest BCUT2D eigenvalue weighted by atomic mass is 16.6. The number of amides is 2. The first-order valence-corrected chi connectivity index (χ1v) is 8.37. The maximum absolute atomic E-state index is 13.1. The van der Waals surface area contributed by atoms with Crippen LogP contribution in [0, 0.1) is 0 Å². The van der Waals surface area contributed by atoms with Crippen LogP contribution in [0.1, 0.15) is 22.1 Å². The quantitative estimate of drug-likeness (QED) is 0.462. The van der Waals surface area contributed by atoms with Crippen LogP contribution < -0.4 is 9.64 Å². The maximum atomic E-state index is 13.1. The molecule has 0 unspecified atom stereocenters. The van der Waals surface area contributed by atoms with Crippen LogP contribution in [0.25, 0.3) is 11.1 Å². The third-order valence-electron chi connectivity index (χ3n) is 4.25. The summed E-state index contributed by atoms with van der Waals surface area (Å²) in [5.74, 6) is -3.86. The first-order valence-electron chi connectivity index (χ1n) is 8.37. The zero-order valence-corrected chi connectivity index (χ0v) is 14.9. The molecule has 2 amide bonds. The fourth-order valence-electron chi connectivity index (χ4n) is 2.98. The van der Waals surface area contributed by atoms with Crippen LogP contribution in [0.15, 0.2) is 57.4 Å². The summed E-state index contributed by atoms with van der Waals surface area (Å²) in [5, 5.41) is 18.6. The Morgan fingerprint density at radius 2 is 1.50 bits per heavy atom. The second-order valence-electron chi connectivity index (χ2n) is 6.01. The number of rotatable bonds is 6. The van der Waals surface area contributed by atoms with E-state index in [1.807, 2.05) is 0 Å². The van der Waals surface area contributed by atoms with Crippen LogP contribution in [0.4, 0.5) is 5.69 Å². The summed E-state index contributed by atoms with van der Waals surface area (Å²) in [6, 6.07) is 10.3. The smallest absolute Gasteiger partial charge is 0.371 e. The molecule has 10 heteroatoms. The summed E-state index contributed by atoms with van der Waals surface area (Å²) >= 11 is 0. The zero-order valence-electron chi connectivity index (χ0n) is 14.9. The molecule has 0 radical (unpaired) electrons. The van der Waals surface area contributed by atoms with Crippen molar-refractivity contribution in [3.63, 3.8) is 0 Å². The second kappa shape index (κ2) is 7.09. The number of anilines is 1. The van der Waals surface area contributed by atoms with Crippen molar-refractivity contribution in [3.8, 4) is 11.7 Å². The number of phenolic OH excluding ortho intramolecular Hbond substituents is 1. The first-order chi connectivity index (χ1) is 14.4. The van der Waals surface area contributed by atoms with Gasteiger partial charge in [-0.25, -0.2) is 9.69 Å². The van der Waals surface area contributed by atoms with E-state index in [2.05, 4.69) is 4.74 Å². The molecular weight excluding hydrogens is 398 g/mol. The predicted molar refractivity (Wildman–Crippen MR) is 98.5 cm³/mol. The average Bonchev–Trinajstić information content (AvgIpc) is 3.42. The number of benzene rings is 1. The van der Waals surface area contributed by atoms with Gasteiger partial charge >= 0.3 is 12.4 Å². The Labute approximate surface area is 167 Å². The molecule has 1 aliphatic rings. The SMILES string of the molecule is O=COc1ccc(C2=C(c3ccc(C(=O)O)o3)C(=O)N(c3ccc(O)cc3)C2=O)o1. The topological polar surface area (TPSA) is 147 Å². The van der Waals surface area contributed by atoms with Crippen LogP contribution in [-0.2, 0) is 14.4 Å². The van der Waals surface area contributed by atoms with Crippen molar-refractivity contribution in [1.82, 2.24) is 0 Å². The number of carboxylic acids is 1. The molecule has 0 bridgehead atoms. The number of nitrogens with zero attached hydrogens (tertiary/aromatic N) is 1. The summed E-state index contributed by atoms with van der Waals surface area (Å²) in [7, 11) is 0. The lowest BCUT2D eigenvalue weighted by Gasteiger charge is -2.14. The number of carbonyl (C=O) groups is 4. The highest BCUT2D eigenvalue weighted by molar-refractivity contribution is 6.56. The van der Waals surface area contributed by atoms with Gasteiger partial charge in [0.2, 0.25) is 5.76 Å². The molecule has 0 aliphatic carbocycles. The van der Waals surface area contributed by atoms with Gasteiger partial charge in [-0.1, -0.05) is 0 Å². The van der Waals surface area contributed by atoms with E-state index in [9.17, 15) is 24.3 Å². The summed E-state index contributed by atoms with van der Waals surface area (Å²) < 4.78 is 15.2. The second-order valence-corrected chi connectivity index (χ2v) is 6.01. The van der Waals surface area contributed by atoms with Crippen molar-refractivity contribution >= 4 is 41.1 Å². The largest absolute Gasteiger partial charge is 0.508 e. The van der Waals surface area contributed by atoms with Gasteiger partial charge in [-0.15, -0.1) is 0 Å². The molecule has 0 saturated carbocycles. The lowest BCUT2D eigenvalue weighted by atomic mass is 10.1. The molecule has 0 saturated heterocycles. The number of phenols is 1. The molecule has 3 heterocycles. The molecule has 1 aliphatic heterocycles. The number of hydrogen-bond acceptors (Lipinski definition) is 8. The Hall–Kier alpha value is -4.60. The van der Waals surface area contributed by atoms with Gasteiger partial charge < -0.3 is 23.8 Å². The van der Waals surface area contributed by atoms with Crippen molar-refractivity contribution in [2.75, 3.05) is 4.90 Å². The van der Waals surface area contributed by atoms with E-state index in [-0.39, 0.29) is 46.5 Å². The number of hydrogen-bond donors (Lipinski definition) is 2. The van der Waals surface area contributed by atoms with Gasteiger partial charge in [-0.05, 0) is 42.5 Å². The minimum atomic E-state index is -1.35. The number of carbonyl (C=O) groups excluding carboxylic acids is 3. The molecule has 150 valence electrons. The molecule has 0 spiro atoms. The molecule has 2 aromatic heterocycles. The monoisotopic (exact) mass is 409 g/mol. The number of furan rings is 2. The fourth-order valence-corrected chi connectivity index (χ4v) is 2.98. The van der Waals surface area contributed by atoms with Gasteiger partial charge in [0, 0.05) is 6.07 Å². The normalized spacial score (nSPS) is 13.8. The molecule has 4 rings (SSSR count). The van der Waals surface area contributed by atoms with Crippen molar-refractivity contribution < 1.29 is 43.0 Å². The molecule has 3 aromatic rings. The van der Waals surface area contributed by atoms with Crippen LogP contribution in [0.3, 0.4) is 0 Å². The molecule has 0 fully saturated rings. The van der Waals surface area contributed by atoms with E-state index in [1.54, 1.807) is 0 Å². The van der Waals surface area contributed by atoms with Crippen LogP contribution in [0.2, 0.25) is 0 Å². The lowest BCUT2D eigenvalue weighted by Crippen LogP contribution is -2.31. The van der Waals surface area contributed by atoms with Crippen molar-refractivity contribution in [2.24, 2.45) is 0 Å². The summed E-state index contributed by atoms with van der Waals surface area (Å²) in [6.45, 7) is 0.133. The zero-order chi connectivity index (χ0) is 21.4. The summed E-state index contributed by atoms with van der Waals surface area (Å²) in [6.07, 6.45) is 0. The van der Waals surface area contributed by atoms with Crippen molar-refractivity contribution in [2.45, 2.75) is 0 Å². The Morgan fingerprint density at radius 3 is 2.07 bits per heavy atom. The van der Waals surface area contributed by atoms with E-state index >= 15 is 0 Å². The molecule has 10 nitrogen and oxygen atoms in total. The number of imide groups is 1. The van der Waals surface area contributed by atoms with Crippen LogP contribution in [0.5, 0.6) is 11.7 Å². The van der Waals surface area contributed by atoms with E-state index in [0.29, 0.717) is 0 Å². The van der Waals surface area contributed by atoms with Gasteiger partial charge in [0.25, 0.3) is 17.8 Å². The van der Waals surface area contributed by atoms with E-state index in [4.69, 9.17) is 13.9 Å². The summed E-state index contributed by atoms with van der Waals surface area (Å²) in [5.41, 5.74) is -0.274. The molecule has 30 heavy (non-hydrogen) atoms. The Kier molecular flexibility index (Phi) is 4.43. The molecule has 2 N–H and O–H groups in total. The van der Waals surface area contributed by atoms with Gasteiger partial charge in [-0.3, -0.25) is 14.4 Å². The predicted octanol–water partition coefficient (Wildman–Crippen LogP) is 2.30. The van der Waals surface area contributed by atoms with Crippen LogP contribution >= 0.6 is 0 Å². The molecular formula is C20H11NO9. The maximum Gasteiger partial charge on any atom is 0.371 e. The van der Waals surface area contributed by atoms with Gasteiger partial charge in [-0.2, -0.15) is 0 Å². The fraction of sp³-hybridized carbons (Fsp3) is 0.